The Bertz CT molecular complexity index is 821. The lowest BCUT2D eigenvalue weighted by atomic mass is 9.99. The molecule has 0 bridgehead atoms. The minimum Gasteiger partial charge on any atom is -0.507 e. The number of hydrogen-bond donors (Lipinski definition) is 2. The molecule has 0 amide bonds. The van der Waals surface area contributed by atoms with Gasteiger partial charge in [0, 0.05) is 13.5 Å². The number of aryl methyl sites for hydroxylation is 1. The summed E-state index contributed by atoms with van der Waals surface area (Å²) in [6.45, 7) is 1.59. The molecule has 1 aliphatic rings. The molecule has 3 rings (SSSR count). The van der Waals surface area contributed by atoms with Crippen LogP contribution in [0.15, 0.2) is 21.3 Å². The van der Waals surface area contributed by atoms with E-state index < -0.39 is 29.6 Å². The van der Waals surface area contributed by atoms with Gasteiger partial charge in [0.05, 0.1) is 5.56 Å². The van der Waals surface area contributed by atoms with Crippen LogP contribution in [0.25, 0.3) is 10.8 Å². The van der Waals surface area contributed by atoms with Crippen LogP contribution in [-0.4, -0.2) is 29.4 Å². The van der Waals surface area contributed by atoms with Gasteiger partial charge in [-0.15, -0.1) is 0 Å². The molecule has 1 aliphatic heterocycles. The lowest BCUT2D eigenvalue weighted by Gasteiger charge is -2.14. The number of rotatable bonds is 2. The van der Waals surface area contributed by atoms with Crippen molar-refractivity contribution in [1.29, 1.82) is 0 Å². The summed E-state index contributed by atoms with van der Waals surface area (Å²) < 4.78 is 15.0. The van der Waals surface area contributed by atoms with Gasteiger partial charge in [-0.3, -0.25) is 0 Å². The Labute approximate surface area is 124 Å². The largest absolute Gasteiger partial charge is 0.507 e. The van der Waals surface area contributed by atoms with E-state index in [1.807, 2.05) is 0 Å². The average Bonchev–Trinajstić information content (AvgIpc) is 2.78. The van der Waals surface area contributed by atoms with Gasteiger partial charge in [0.1, 0.15) is 28.7 Å². The predicted molar refractivity (Wildman–Crippen MR) is 74.8 cm³/mol. The Morgan fingerprint density at radius 1 is 1.27 bits per heavy atom. The van der Waals surface area contributed by atoms with Crippen molar-refractivity contribution in [2.24, 2.45) is 0 Å². The summed E-state index contributed by atoms with van der Waals surface area (Å²) in [4.78, 5) is 23.5. The van der Waals surface area contributed by atoms with Crippen molar-refractivity contribution in [3.8, 4) is 11.5 Å². The lowest BCUT2D eigenvalue weighted by Crippen LogP contribution is -2.15. The first-order chi connectivity index (χ1) is 10.4. The summed E-state index contributed by atoms with van der Waals surface area (Å²) in [5.41, 5.74) is -0.738. The summed E-state index contributed by atoms with van der Waals surface area (Å²) in [7, 11) is 1.37. The molecular weight excluding hydrogens is 292 g/mol. The second kappa shape index (κ2) is 5.03. The summed E-state index contributed by atoms with van der Waals surface area (Å²) in [5, 5.41) is 20.8. The first kappa shape index (κ1) is 14.4. The van der Waals surface area contributed by atoms with Gasteiger partial charge in [-0.05, 0) is 24.4 Å². The van der Waals surface area contributed by atoms with Gasteiger partial charge in [0.2, 0.25) is 0 Å². The molecule has 1 aromatic heterocycles. The number of methoxy groups -OCH3 is 1. The molecule has 2 aromatic rings. The normalized spacial score (nSPS) is 21.3. The van der Waals surface area contributed by atoms with Crippen LogP contribution in [0.2, 0.25) is 0 Å². The quantitative estimate of drug-likeness (QED) is 0.810. The molecule has 0 spiro atoms. The number of ether oxygens (including phenoxy) is 2. The van der Waals surface area contributed by atoms with Crippen molar-refractivity contribution in [2.75, 3.05) is 7.11 Å². The number of phenolic OH excluding ortho intramolecular Hbond substituents is 2. The highest BCUT2D eigenvalue weighted by Crippen LogP contribution is 2.43. The Hall–Kier alpha value is -2.54. The minimum atomic E-state index is -0.887. The molecule has 1 saturated heterocycles. The fourth-order valence-corrected chi connectivity index (χ4v) is 2.71. The Morgan fingerprint density at radius 2 is 2.00 bits per heavy atom. The van der Waals surface area contributed by atoms with Crippen LogP contribution < -0.4 is 5.63 Å². The van der Waals surface area contributed by atoms with E-state index in [2.05, 4.69) is 0 Å². The van der Waals surface area contributed by atoms with E-state index in [-0.39, 0.29) is 23.1 Å². The summed E-state index contributed by atoms with van der Waals surface area (Å²) in [5.74, 6) is -0.930. The Kier molecular flexibility index (Phi) is 3.29. The van der Waals surface area contributed by atoms with Crippen LogP contribution in [0.1, 0.15) is 23.8 Å². The monoisotopic (exact) mass is 306 g/mol. The second-order valence-electron chi connectivity index (χ2n) is 5.15. The van der Waals surface area contributed by atoms with Gasteiger partial charge in [-0.25, -0.2) is 9.59 Å². The highest BCUT2D eigenvalue weighted by Gasteiger charge is 2.38. The minimum absolute atomic E-state index is 0.0171. The molecule has 0 aliphatic carbocycles. The summed E-state index contributed by atoms with van der Waals surface area (Å²) in [6.07, 6.45) is -1.52. The van der Waals surface area contributed by atoms with Crippen molar-refractivity contribution in [2.45, 2.75) is 25.6 Å². The van der Waals surface area contributed by atoms with Crippen molar-refractivity contribution >= 4 is 16.7 Å². The maximum Gasteiger partial charge on any atom is 0.347 e. The predicted octanol–water partition coefficient (Wildman–Crippen LogP) is 1.52. The second-order valence-corrected chi connectivity index (χ2v) is 5.15. The molecule has 1 fully saturated rings. The number of carbonyl (C=O) groups is 1. The smallest absolute Gasteiger partial charge is 0.347 e. The Morgan fingerprint density at radius 3 is 2.64 bits per heavy atom. The number of cyclic esters (lactones) is 1. The van der Waals surface area contributed by atoms with Crippen LogP contribution in [0, 0.1) is 6.92 Å². The first-order valence-corrected chi connectivity index (χ1v) is 6.65. The standard InChI is InChI=1S/C15H14O7/c1-6-3-7-4-8(16)12(13(17)11(7)15(19)21-6)9-5-10(20-2)14(18)22-9/h3-4,9-10,16-17H,5H2,1-2H3. The van der Waals surface area contributed by atoms with E-state index in [1.165, 1.54) is 19.2 Å². The van der Waals surface area contributed by atoms with Crippen LogP contribution >= 0.6 is 0 Å². The molecule has 116 valence electrons. The van der Waals surface area contributed by atoms with E-state index in [1.54, 1.807) is 6.92 Å². The van der Waals surface area contributed by atoms with Gasteiger partial charge in [0.25, 0.3) is 0 Å². The van der Waals surface area contributed by atoms with E-state index in [4.69, 9.17) is 13.9 Å². The van der Waals surface area contributed by atoms with Gasteiger partial charge in [0.15, 0.2) is 6.10 Å². The number of benzene rings is 1. The SMILES string of the molecule is COC1CC(c2c(O)cc3cc(C)oc(=O)c3c2O)OC1=O. The van der Waals surface area contributed by atoms with E-state index >= 15 is 0 Å². The van der Waals surface area contributed by atoms with Crippen molar-refractivity contribution < 1.29 is 28.9 Å². The molecular formula is C15H14O7. The molecule has 2 atom stereocenters. The van der Waals surface area contributed by atoms with E-state index in [0.717, 1.165) is 0 Å². The molecule has 1 aromatic carbocycles. The Balaban J connectivity index is 2.19. The summed E-state index contributed by atoms with van der Waals surface area (Å²) in [6, 6.07) is 2.86. The molecule has 0 radical (unpaired) electrons. The van der Waals surface area contributed by atoms with Gasteiger partial charge in [-0.1, -0.05) is 0 Å². The number of carbonyl (C=O) groups excluding carboxylic acids is 1. The van der Waals surface area contributed by atoms with Crippen molar-refractivity contribution in [3.63, 3.8) is 0 Å². The number of fused-ring (bicyclic) bond motifs is 1. The fraction of sp³-hybridized carbons (Fsp3) is 0.333. The molecule has 7 heteroatoms. The topological polar surface area (TPSA) is 106 Å². The zero-order valence-electron chi connectivity index (χ0n) is 12.0. The third kappa shape index (κ3) is 2.10. The number of aromatic hydroxyl groups is 2. The number of phenols is 2. The lowest BCUT2D eigenvalue weighted by molar-refractivity contribution is -0.148. The highest BCUT2D eigenvalue weighted by atomic mass is 16.6. The zero-order valence-corrected chi connectivity index (χ0v) is 12.0. The van der Waals surface area contributed by atoms with Gasteiger partial charge < -0.3 is 24.1 Å². The summed E-state index contributed by atoms with van der Waals surface area (Å²) >= 11 is 0. The first-order valence-electron chi connectivity index (χ1n) is 6.65. The maximum absolute atomic E-state index is 11.9. The number of hydrogen-bond acceptors (Lipinski definition) is 7. The van der Waals surface area contributed by atoms with Crippen LogP contribution in [0.5, 0.6) is 11.5 Å². The van der Waals surface area contributed by atoms with E-state index in [0.29, 0.717) is 11.1 Å². The average molecular weight is 306 g/mol. The molecule has 7 nitrogen and oxygen atoms in total. The molecule has 0 saturated carbocycles. The van der Waals surface area contributed by atoms with Crippen molar-refractivity contribution in [1.82, 2.24) is 0 Å². The third-order valence-corrected chi connectivity index (χ3v) is 3.72. The highest BCUT2D eigenvalue weighted by molar-refractivity contribution is 5.91. The fourth-order valence-electron chi connectivity index (χ4n) is 2.71. The van der Waals surface area contributed by atoms with Gasteiger partial charge in [-0.2, -0.15) is 0 Å². The third-order valence-electron chi connectivity index (χ3n) is 3.72. The van der Waals surface area contributed by atoms with Crippen LogP contribution in [0.4, 0.5) is 0 Å². The molecule has 2 N–H and O–H groups in total. The van der Waals surface area contributed by atoms with Crippen LogP contribution in [-0.2, 0) is 14.3 Å². The molecule has 22 heavy (non-hydrogen) atoms. The zero-order chi connectivity index (χ0) is 16.0. The maximum atomic E-state index is 11.9. The van der Waals surface area contributed by atoms with Crippen molar-refractivity contribution in [3.05, 3.63) is 33.9 Å². The van der Waals surface area contributed by atoms with E-state index in [9.17, 15) is 19.8 Å². The number of esters is 1. The van der Waals surface area contributed by atoms with Gasteiger partial charge >= 0.3 is 11.6 Å². The van der Waals surface area contributed by atoms with Crippen LogP contribution in [0.3, 0.4) is 0 Å². The molecule has 2 unspecified atom stereocenters. The molecule has 2 heterocycles.